The Morgan fingerprint density at radius 3 is 3.00 bits per heavy atom. The van der Waals surface area contributed by atoms with Crippen molar-refractivity contribution in [3.05, 3.63) is 23.7 Å². The van der Waals surface area contributed by atoms with Crippen LogP contribution >= 0.6 is 0 Å². The molecule has 0 saturated heterocycles. The lowest BCUT2D eigenvalue weighted by Crippen LogP contribution is -1.95. The third-order valence-electron chi connectivity index (χ3n) is 2.10. The van der Waals surface area contributed by atoms with Crippen LogP contribution < -0.4 is 0 Å². The number of fused-ring (bicyclic) bond motifs is 1. The predicted molar refractivity (Wildman–Crippen MR) is 40.6 cm³/mol. The molecule has 0 bridgehead atoms. The standard InChI is InChI=1S/C9H10O2/c10-8-3-1-2-4-9-7(8)5-6-11-9/h5-6H,1-4H2. The van der Waals surface area contributed by atoms with Gasteiger partial charge in [0.1, 0.15) is 5.76 Å². The molecule has 0 radical (unpaired) electrons. The Balaban J connectivity index is 2.41. The van der Waals surface area contributed by atoms with E-state index in [0.717, 1.165) is 30.6 Å². The van der Waals surface area contributed by atoms with E-state index in [9.17, 15) is 4.79 Å². The first-order valence-corrected chi connectivity index (χ1v) is 3.97. The smallest absolute Gasteiger partial charge is 0.166 e. The quantitative estimate of drug-likeness (QED) is 0.530. The summed E-state index contributed by atoms with van der Waals surface area (Å²) >= 11 is 0. The van der Waals surface area contributed by atoms with Crippen molar-refractivity contribution >= 4 is 5.78 Å². The van der Waals surface area contributed by atoms with Crippen LogP contribution in [0.4, 0.5) is 0 Å². The van der Waals surface area contributed by atoms with Gasteiger partial charge in [0, 0.05) is 12.8 Å². The number of carbonyl (C=O) groups is 1. The highest BCUT2D eigenvalue weighted by molar-refractivity contribution is 5.97. The van der Waals surface area contributed by atoms with Crippen molar-refractivity contribution in [3.63, 3.8) is 0 Å². The van der Waals surface area contributed by atoms with Crippen molar-refractivity contribution in [2.75, 3.05) is 0 Å². The molecule has 2 nitrogen and oxygen atoms in total. The topological polar surface area (TPSA) is 30.2 Å². The van der Waals surface area contributed by atoms with Gasteiger partial charge in [-0.25, -0.2) is 0 Å². The molecular formula is C9H10O2. The molecule has 0 unspecified atom stereocenters. The molecule has 0 amide bonds. The fourth-order valence-corrected chi connectivity index (χ4v) is 1.49. The van der Waals surface area contributed by atoms with E-state index < -0.39 is 0 Å². The predicted octanol–water partition coefficient (Wildman–Crippen LogP) is 2.19. The van der Waals surface area contributed by atoms with Gasteiger partial charge < -0.3 is 4.42 Å². The van der Waals surface area contributed by atoms with Crippen LogP contribution in [0.1, 0.15) is 35.4 Å². The lowest BCUT2D eigenvalue weighted by atomic mass is 10.1. The molecule has 0 atom stereocenters. The Morgan fingerprint density at radius 1 is 1.27 bits per heavy atom. The summed E-state index contributed by atoms with van der Waals surface area (Å²) in [4.78, 5) is 11.3. The van der Waals surface area contributed by atoms with Crippen LogP contribution in [0.2, 0.25) is 0 Å². The molecule has 0 saturated carbocycles. The molecule has 1 heterocycles. The second-order valence-electron chi connectivity index (χ2n) is 2.89. The Hall–Kier alpha value is -1.05. The van der Waals surface area contributed by atoms with Crippen molar-refractivity contribution in [1.82, 2.24) is 0 Å². The molecule has 58 valence electrons. The molecule has 0 N–H and O–H groups in total. The minimum atomic E-state index is 0.242. The van der Waals surface area contributed by atoms with Gasteiger partial charge in [-0.3, -0.25) is 4.79 Å². The molecular weight excluding hydrogens is 140 g/mol. The van der Waals surface area contributed by atoms with Gasteiger partial charge in [-0.2, -0.15) is 0 Å². The van der Waals surface area contributed by atoms with Crippen LogP contribution in [0.5, 0.6) is 0 Å². The third kappa shape index (κ3) is 1.09. The molecule has 1 aliphatic rings. The second-order valence-corrected chi connectivity index (χ2v) is 2.89. The van der Waals surface area contributed by atoms with E-state index in [1.54, 1.807) is 12.3 Å². The number of Topliss-reactive ketones (excluding diaryl/α,β-unsaturated/α-hetero) is 1. The summed E-state index contributed by atoms with van der Waals surface area (Å²) in [7, 11) is 0. The maximum absolute atomic E-state index is 11.3. The molecule has 1 aliphatic carbocycles. The first-order valence-electron chi connectivity index (χ1n) is 3.97. The maximum atomic E-state index is 11.3. The highest BCUT2D eigenvalue weighted by atomic mass is 16.3. The number of rotatable bonds is 0. The lowest BCUT2D eigenvalue weighted by molar-refractivity contribution is 0.0981. The molecule has 0 fully saturated rings. The van der Waals surface area contributed by atoms with E-state index in [1.807, 2.05) is 0 Å². The summed E-state index contributed by atoms with van der Waals surface area (Å²) in [6, 6.07) is 1.78. The molecule has 0 aromatic carbocycles. The van der Waals surface area contributed by atoms with Crippen molar-refractivity contribution < 1.29 is 9.21 Å². The average Bonchev–Trinajstić information content (AvgIpc) is 2.40. The minimum Gasteiger partial charge on any atom is -0.469 e. The highest BCUT2D eigenvalue weighted by Gasteiger charge is 2.17. The van der Waals surface area contributed by atoms with Gasteiger partial charge >= 0.3 is 0 Å². The molecule has 1 aromatic rings. The Morgan fingerprint density at radius 2 is 2.09 bits per heavy atom. The van der Waals surface area contributed by atoms with Gasteiger partial charge in [-0.05, 0) is 18.9 Å². The number of ketones is 1. The number of carbonyl (C=O) groups excluding carboxylic acids is 1. The Kier molecular flexibility index (Phi) is 1.53. The third-order valence-corrected chi connectivity index (χ3v) is 2.10. The lowest BCUT2D eigenvalue weighted by Gasteiger charge is -1.91. The fraction of sp³-hybridized carbons (Fsp3) is 0.444. The zero-order valence-corrected chi connectivity index (χ0v) is 6.30. The van der Waals surface area contributed by atoms with Gasteiger partial charge in [-0.1, -0.05) is 0 Å². The Bertz CT molecular complexity index is 273. The van der Waals surface area contributed by atoms with E-state index in [1.165, 1.54) is 0 Å². The van der Waals surface area contributed by atoms with Crippen LogP contribution in [-0.2, 0) is 6.42 Å². The fourth-order valence-electron chi connectivity index (χ4n) is 1.49. The minimum absolute atomic E-state index is 0.242. The van der Waals surface area contributed by atoms with Crippen molar-refractivity contribution in [3.8, 4) is 0 Å². The first-order chi connectivity index (χ1) is 5.38. The van der Waals surface area contributed by atoms with Crippen LogP contribution in [0.25, 0.3) is 0 Å². The van der Waals surface area contributed by atoms with Crippen LogP contribution in [0.3, 0.4) is 0 Å². The largest absolute Gasteiger partial charge is 0.469 e. The van der Waals surface area contributed by atoms with E-state index in [4.69, 9.17) is 4.42 Å². The molecule has 2 rings (SSSR count). The summed E-state index contributed by atoms with van der Waals surface area (Å²) in [5.74, 6) is 1.12. The van der Waals surface area contributed by atoms with E-state index >= 15 is 0 Å². The summed E-state index contributed by atoms with van der Waals surface area (Å²) in [5.41, 5.74) is 0.808. The van der Waals surface area contributed by atoms with Crippen molar-refractivity contribution in [1.29, 1.82) is 0 Å². The molecule has 0 aliphatic heterocycles. The van der Waals surface area contributed by atoms with Crippen LogP contribution in [0, 0.1) is 0 Å². The second kappa shape index (κ2) is 2.53. The van der Waals surface area contributed by atoms with Gasteiger partial charge in [-0.15, -0.1) is 0 Å². The maximum Gasteiger partial charge on any atom is 0.166 e. The summed E-state index contributed by atoms with van der Waals surface area (Å²) in [6.45, 7) is 0. The normalized spacial score (nSPS) is 17.6. The molecule has 0 spiro atoms. The van der Waals surface area contributed by atoms with Gasteiger partial charge in [0.15, 0.2) is 5.78 Å². The molecule has 2 heteroatoms. The first kappa shape index (κ1) is 6.65. The number of aryl methyl sites for hydroxylation is 1. The summed E-state index contributed by atoms with van der Waals surface area (Å²) in [6.07, 6.45) is 5.30. The summed E-state index contributed by atoms with van der Waals surface area (Å²) in [5, 5.41) is 0. The highest BCUT2D eigenvalue weighted by Crippen LogP contribution is 2.20. The number of hydrogen-bond acceptors (Lipinski definition) is 2. The van der Waals surface area contributed by atoms with E-state index in [0.29, 0.717) is 6.42 Å². The van der Waals surface area contributed by atoms with Gasteiger partial charge in [0.25, 0.3) is 0 Å². The summed E-state index contributed by atoms with van der Waals surface area (Å²) < 4.78 is 5.19. The molecule has 11 heavy (non-hydrogen) atoms. The zero-order chi connectivity index (χ0) is 7.68. The van der Waals surface area contributed by atoms with E-state index in [-0.39, 0.29) is 5.78 Å². The SMILES string of the molecule is O=C1CCCCc2occc21. The average molecular weight is 150 g/mol. The van der Waals surface area contributed by atoms with Crippen molar-refractivity contribution in [2.24, 2.45) is 0 Å². The van der Waals surface area contributed by atoms with E-state index in [2.05, 4.69) is 0 Å². The van der Waals surface area contributed by atoms with Gasteiger partial charge in [0.2, 0.25) is 0 Å². The van der Waals surface area contributed by atoms with Gasteiger partial charge in [0.05, 0.1) is 11.8 Å². The Labute approximate surface area is 65.2 Å². The molecule has 1 aromatic heterocycles. The van der Waals surface area contributed by atoms with Crippen LogP contribution in [-0.4, -0.2) is 5.78 Å². The van der Waals surface area contributed by atoms with Crippen molar-refractivity contribution in [2.45, 2.75) is 25.7 Å². The zero-order valence-electron chi connectivity index (χ0n) is 6.30. The number of hydrogen-bond donors (Lipinski definition) is 0. The van der Waals surface area contributed by atoms with Crippen LogP contribution in [0.15, 0.2) is 16.7 Å². The number of furan rings is 1. The monoisotopic (exact) mass is 150 g/mol.